The monoisotopic (exact) mass is 367 g/mol. The van der Waals surface area contributed by atoms with Crippen LogP contribution in [0.3, 0.4) is 0 Å². The molecule has 0 aliphatic carbocycles. The lowest BCUT2D eigenvalue weighted by Gasteiger charge is -2.10. The minimum Gasteiger partial charge on any atom is -0.489 e. The molecule has 0 fully saturated rings. The van der Waals surface area contributed by atoms with Crippen LogP contribution in [0.5, 0.6) is 5.75 Å². The Bertz CT molecular complexity index is 756. The topological polar surface area (TPSA) is 64.6 Å². The molecule has 0 aliphatic heterocycles. The number of methoxy groups -OCH3 is 1. The molecule has 5 nitrogen and oxygen atoms in total. The van der Waals surface area contributed by atoms with E-state index >= 15 is 0 Å². The molecular formula is C18H16F3NO4. The molecule has 0 bridgehead atoms. The second-order valence-corrected chi connectivity index (χ2v) is 5.31. The fourth-order valence-electron chi connectivity index (χ4n) is 2.00. The fourth-order valence-corrected chi connectivity index (χ4v) is 2.00. The maximum absolute atomic E-state index is 12.5. The van der Waals surface area contributed by atoms with Crippen LogP contribution in [0, 0.1) is 0 Å². The summed E-state index contributed by atoms with van der Waals surface area (Å²) in [4.78, 5) is 22.5. The van der Waals surface area contributed by atoms with Crippen molar-refractivity contribution < 1.29 is 32.2 Å². The smallest absolute Gasteiger partial charge is 0.416 e. The molecule has 0 aromatic heterocycles. The summed E-state index contributed by atoms with van der Waals surface area (Å²) in [6.45, 7) is 0.103. The van der Waals surface area contributed by atoms with E-state index in [0.717, 1.165) is 12.1 Å². The van der Waals surface area contributed by atoms with Crippen molar-refractivity contribution >= 4 is 17.6 Å². The molecule has 2 aromatic carbocycles. The summed E-state index contributed by atoms with van der Waals surface area (Å²) in [5, 5.41) is 2.53. The summed E-state index contributed by atoms with van der Waals surface area (Å²) in [6, 6.07) is 11.1. The first kappa shape index (κ1) is 19.3. The van der Waals surface area contributed by atoms with Gasteiger partial charge in [-0.25, -0.2) is 0 Å². The van der Waals surface area contributed by atoms with Crippen LogP contribution in [0.25, 0.3) is 0 Å². The third-order valence-corrected chi connectivity index (χ3v) is 3.36. The number of ether oxygens (including phenoxy) is 2. The highest BCUT2D eigenvalue weighted by Crippen LogP contribution is 2.29. The summed E-state index contributed by atoms with van der Waals surface area (Å²) < 4.78 is 47.4. The van der Waals surface area contributed by atoms with Crippen molar-refractivity contribution in [2.75, 3.05) is 12.4 Å². The van der Waals surface area contributed by atoms with E-state index in [4.69, 9.17) is 4.74 Å². The Hall–Kier alpha value is -3.03. The zero-order valence-corrected chi connectivity index (χ0v) is 13.8. The number of benzene rings is 2. The van der Waals surface area contributed by atoms with E-state index in [1.165, 1.54) is 19.2 Å². The van der Waals surface area contributed by atoms with Gasteiger partial charge in [-0.2, -0.15) is 13.2 Å². The molecule has 1 N–H and O–H groups in total. The number of rotatable bonds is 6. The van der Waals surface area contributed by atoms with Gasteiger partial charge < -0.3 is 14.8 Å². The van der Waals surface area contributed by atoms with Gasteiger partial charge in [-0.05, 0) is 42.0 Å². The molecule has 0 atom stereocenters. The third-order valence-electron chi connectivity index (χ3n) is 3.36. The lowest BCUT2D eigenvalue weighted by molar-refractivity contribution is -0.143. The lowest BCUT2D eigenvalue weighted by atomic mass is 10.1. The maximum atomic E-state index is 12.5. The van der Waals surface area contributed by atoms with Crippen molar-refractivity contribution in [1.82, 2.24) is 0 Å². The normalized spacial score (nSPS) is 10.9. The number of hydrogen-bond acceptors (Lipinski definition) is 4. The van der Waals surface area contributed by atoms with Crippen LogP contribution < -0.4 is 10.1 Å². The first-order valence-corrected chi connectivity index (χ1v) is 7.53. The molecule has 0 saturated heterocycles. The summed E-state index contributed by atoms with van der Waals surface area (Å²) >= 11 is 0. The number of amides is 1. The number of carbonyl (C=O) groups excluding carboxylic acids is 2. The Balaban J connectivity index is 1.87. The summed E-state index contributed by atoms with van der Waals surface area (Å²) in [6.07, 6.45) is -4.75. The standard InChI is InChI=1S/C18H16F3NO4/c1-25-17(24)10-16(23)22-14-6-8-15(9-7-14)26-11-12-2-4-13(5-3-12)18(19,20)21/h2-9H,10-11H2,1H3,(H,22,23). The van der Waals surface area contributed by atoms with Crippen molar-refractivity contribution in [3.8, 4) is 5.75 Å². The van der Waals surface area contributed by atoms with Crippen molar-refractivity contribution in [3.05, 3.63) is 59.7 Å². The fraction of sp³-hybridized carbons (Fsp3) is 0.222. The van der Waals surface area contributed by atoms with Crippen molar-refractivity contribution in [2.45, 2.75) is 19.2 Å². The maximum Gasteiger partial charge on any atom is 0.416 e. The number of esters is 1. The predicted octanol–water partition coefficient (Wildman–Crippen LogP) is 3.79. The zero-order chi connectivity index (χ0) is 19.2. The van der Waals surface area contributed by atoms with Gasteiger partial charge in [-0.3, -0.25) is 9.59 Å². The summed E-state index contributed by atoms with van der Waals surface area (Å²) in [7, 11) is 1.19. The van der Waals surface area contributed by atoms with Gasteiger partial charge in [-0.15, -0.1) is 0 Å². The van der Waals surface area contributed by atoms with Crippen LogP contribution >= 0.6 is 0 Å². The Morgan fingerprint density at radius 2 is 1.62 bits per heavy atom. The number of carbonyl (C=O) groups is 2. The SMILES string of the molecule is COC(=O)CC(=O)Nc1ccc(OCc2ccc(C(F)(F)F)cc2)cc1. The minimum absolute atomic E-state index is 0.103. The van der Waals surface area contributed by atoms with Gasteiger partial charge in [0, 0.05) is 5.69 Å². The molecule has 0 radical (unpaired) electrons. The van der Waals surface area contributed by atoms with Gasteiger partial charge in [0.1, 0.15) is 18.8 Å². The van der Waals surface area contributed by atoms with E-state index in [1.807, 2.05) is 0 Å². The highest BCUT2D eigenvalue weighted by molar-refractivity contribution is 6.01. The van der Waals surface area contributed by atoms with Gasteiger partial charge in [0.05, 0.1) is 12.7 Å². The molecule has 0 unspecified atom stereocenters. The molecule has 2 rings (SSSR count). The molecular weight excluding hydrogens is 351 g/mol. The van der Waals surface area contributed by atoms with Crippen LogP contribution in [0.2, 0.25) is 0 Å². The van der Waals surface area contributed by atoms with Crippen molar-refractivity contribution in [3.63, 3.8) is 0 Å². The van der Waals surface area contributed by atoms with Crippen LogP contribution in [0.4, 0.5) is 18.9 Å². The van der Waals surface area contributed by atoms with E-state index < -0.39 is 23.6 Å². The van der Waals surface area contributed by atoms with Gasteiger partial charge in [-0.1, -0.05) is 12.1 Å². The largest absolute Gasteiger partial charge is 0.489 e. The van der Waals surface area contributed by atoms with Crippen LogP contribution in [0.1, 0.15) is 17.5 Å². The predicted molar refractivity (Wildman–Crippen MR) is 87.5 cm³/mol. The Labute approximate surface area is 147 Å². The first-order valence-electron chi connectivity index (χ1n) is 7.53. The van der Waals surface area contributed by atoms with Crippen LogP contribution in [0.15, 0.2) is 48.5 Å². The quantitative estimate of drug-likeness (QED) is 0.623. The van der Waals surface area contributed by atoms with Gasteiger partial charge in [0.2, 0.25) is 5.91 Å². The molecule has 2 aromatic rings. The highest BCUT2D eigenvalue weighted by atomic mass is 19.4. The summed E-state index contributed by atoms with van der Waals surface area (Å²) in [5.74, 6) is -0.662. The Kier molecular flexibility index (Phi) is 6.21. The second kappa shape index (κ2) is 8.37. The molecule has 8 heteroatoms. The van der Waals surface area contributed by atoms with Crippen LogP contribution in [-0.4, -0.2) is 19.0 Å². The molecule has 26 heavy (non-hydrogen) atoms. The number of nitrogens with one attached hydrogen (secondary N) is 1. The van der Waals surface area contributed by atoms with Crippen molar-refractivity contribution in [2.24, 2.45) is 0 Å². The average Bonchev–Trinajstić information content (AvgIpc) is 2.60. The third kappa shape index (κ3) is 5.80. The molecule has 1 amide bonds. The van der Waals surface area contributed by atoms with Gasteiger partial charge >= 0.3 is 12.1 Å². The molecule has 0 spiro atoms. The van der Waals surface area contributed by atoms with E-state index in [2.05, 4.69) is 10.1 Å². The minimum atomic E-state index is -4.37. The number of halogens is 3. The first-order chi connectivity index (χ1) is 12.3. The van der Waals surface area contributed by atoms with Gasteiger partial charge in [0.15, 0.2) is 0 Å². The average molecular weight is 367 g/mol. The lowest BCUT2D eigenvalue weighted by Crippen LogP contribution is -2.17. The van der Waals surface area contributed by atoms with Crippen LogP contribution in [-0.2, 0) is 27.1 Å². The molecule has 0 saturated carbocycles. The number of hydrogen-bond donors (Lipinski definition) is 1. The van der Waals surface area contributed by atoms with Crippen molar-refractivity contribution in [1.29, 1.82) is 0 Å². The Morgan fingerprint density at radius 1 is 1.00 bits per heavy atom. The zero-order valence-electron chi connectivity index (χ0n) is 13.8. The summed E-state index contributed by atoms with van der Waals surface area (Å²) in [5.41, 5.74) is 0.350. The molecule has 0 aliphatic rings. The molecule has 138 valence electrons. The Morgan fingerprint density at radius 3 is 2.15 bits per heavy atom. The van der Waals surface area contributed by atoms with E-state index in [-0.39, 0.29) is 13.0 Å². The molecule has 0 heterocycles. The van der Waals surface area contributed by atoms with Gasteiger partial charge in [0.25, 0.3) is 0 Å². The van der Waals surface area contributed by atoms with E-state index in [9.17, 15) is 22.8 Å². The van der Waals surface area contributed by atoms with E-state index in [1.54, 1.807) is 24.3 Å². The number of alkyl halides is 3. The number of anilines is 1. The highest BCUT2D eigenvalue weighted by Gasteiger charge is 2.29. The van der Waals surface area contributed by atoms with E-state index in [0.29, 0.717) is 17.0 Å². The second-order valence-electron chi connectivity index (χ2n) is 5.31.